The van der Waals surface area contributed by atoms with E-state index in [2.05, 4.69) is 36.1 Å². The number of nitrogens with two attached hydrogens (primary N) is 1. The van der Waals surface area contributed by atoms with Crippen molar-refractivity contribution < 1.29 is 9.59 Å². The summed E-state index contributed by atoms with van der Waals surface area (Å²) >= 11 is 0. The summed E-state index contributed by atoms with van der Waals surface area (Å²) in [5, 5.41) is 0. The smallest absolute Gasteiger partial charge is 0.222 e. The number of hydrogen-bond donors (Lipinski definition) is 1. The monoisotopic (exact) mass is 303 g/mol. The molecule has 2 amide bonds. The first-order valence-corrected chi connectivity index (χ1v) is 7.88. The van der Waals surface area contributed by atoms with Gasteiger partial charge in [0, 0.05) is 45.6 Å². The van der Waals surface area contributed by atoms with Gasteiger partial charge in [0.1, 0.15) is 0 Å². The molecular weight excluding hydrogens is 278 g/mol. The van der Waals surface area contributed by atoms with Gasteiger partial charge in [-0.2, -0.15) is 0 Å². The third kappa shape index (κ3) is 5.15. The fraction of sp³-hybridized carbons (Fsp3) is 0.529. The summed E-state index contributed by atoms with van der Waals surface area (Å²) in [6.45, 7) is 6.37. The lowest BCUT2D eigenvalue weighted by molar-refractivity contribution is -0.133. The molecule has 0 aliphatic carbocycles. The summed E-state index contributed by atoms with van der Waals surface area (Å²) in [4.78, 5) is 27.0. The van der Waals surface area contributed by atoms with Crippen LogP contribution in [-0.2, 0) is 16.1 Å². The molecule has 120 valence electrons. The van der Waals surface area contributed by atoms with E-state index in [0.717, 1.165) is 32.7 Å². The average molecular weight is 303 g/mol. The highest BCUT2D eigenvalue weighted by atomic mass is 16.2. The van der Waals surface area contributed by atoms with E-state index in [1.165, 1.54) is 11.1 Å². The number of piperazine rings is 1. The zero-order valence-corrected chi connectivity index (χ0v) is 13.3. The largest absolute Gasteiger partial charge is 0.370 e. The zero-order chi connectivity index (χ0) is 15.9. The number of primary amides is 1. The topological polar surface area (TPSA) is 66.6 Å². The lowest BCUT2D eigenvalue weighted by atomic mass is 10.1. The van der Waals surface area contributed by atoms with Crippen molar-refractivity contribution >= 4 is 11.8 Å². The van der Waals surface area contributed by atoms with Gasteiger partial charge in [0.05, 0.1) is 0 Å². The molecule has 1 aliphatic rings. The Morgan fingerprint density at radius 2 is 1.86 bits per heavy atom. The maximum absolute atomic E-state index is 12.0. The molecule has 0 radical (unpaired) electrons. The van der Waals surface area contributed by atoms with E-state index in [1.807, 2.05) is 4.90 Å². The van der Waals surface area contributed by atoms with Crippen LogP contribution in [0.1, 0.15) is 30.4 Å². The first-order chi connectivity index (χ1) is 10.5. The van der Waals surface area contributed by atoms with Crippen molar-refractivity contribution in [2.24, 2.45) is 5.73 Å². The molecule has 1 aromatic rings. The van der Waals surface area contributed by atoms with Crippen LogP contribution in [0.25, 0.3) is 0 Å². The second-order valence-corrected chi connectivity index (χ2v) is 5.97. The van der Waals surface area contributed by atoms with E-state index < -0.39 is 0 Å². The highest BCUT2D eigenvalue weighted by Crippen LogP contribution is 2.11. The Morgan fingerprint density at radius 3 is 2.50 bits per heavy atom. The van der Waals surface area contributed by atoms with E-state index in [4.69, 9.17) is 5.73 Å². The van der Waals surface area contributed by atoms with Gasteiger partial charge in [-0.3, -0.25) is 14.5 Å². The molecular formula is C17H25N3O2. The summed E-state index contributed by atoms with van der Waals surface area (Å²) in [6, 6.07) is 8.55. The number of rotatable bonds is 6. The third-order valence-corrected chi connectivity index (χ3v) is 4.03. The van der Waals surface area contributed by atoms with Crippen molar-refractivity contribution in [3.8, 4) is 0 Å². The van der Waals surface area contributed by atoms with E-state index in [1.54, 1.807) is 0 Å². The first kappa shape index (κ1) is 16.5. The van der Waals surface area contributed by atoms with Gasteiger partial charge in [-0.05, 0) is 18.9 Å². The summed E-state index contributed by atoms with van der Waals surface area (Å²) in [5.41, 5.74) is 7.69. The molecule has 0 saturated carbocycles. The predicted octanol–water partition coefficient (Wildman–Crippen LogP) is 1.29. The number of amides is 2. The van der Waals surface area contributed by atoms with Crippen molar-refractivity contribution in [3.63, 3.8) is 0 Å². The second kappa shape index (κ2) is 7.94. The number of aryl methyl sites for hydroxylation is 1. The van der Waals surface area contributed by atoms with Crippen molar-refractivity contribution in [2.45, 2.75) is 32.7 Å². The molecule has 1 saturated heterocycles. The van der Waals surface area contributed by atoms with Crippen molar-refractivity contribution in [1.82, 2.24) is 9.80 Å². The van der Waals surface area contributed by atoms with Crippen molar-refractivity contribution in [2.75, 3.05) is 26.2 Å². The minimum atomic E-state index is -0.337. The van der Waals surface area contributed by atoms with E-state index >= 15 is 0 Å². The molecule has 1 heterocycles. The molecule has 1 aliphatic heterocycles. The van der Waals surface area contributed by atoms with Gasteiger partial charge in [-0.25, -0.2) is 0 Å². The molecule has 5 nitrogen and oxygen atoms in total. The molecule has 0 atom stereocenters. The van der Waals surface area contributed by atoms with Gasteiger partial charge in [-0.15, -0.1) is 0 Å². The Kier molecular flexibility index (Phi) is 5.95. The number of hydrogen-bond acceptors (Lipinski definition) is 3. The van der Waals surface area contributed by atoms with Gasteiger partial charge < -0.3 is 10.6 Å². The normalized spacial score (nSPS) is 15.8. The zero-order valence-electron chi connectivity index (χ0n) is 13.3. The SMILES string of the molecule is Cc1cccc(CN2CCN(C(=O)CCCC(N)=O)CC2)c1. The van der Waals surface area contributed by atoms with Crippen LogP contribution < -0.4 is 5.73 Å². The van der Waals surface area contributed by atoms with Crippen LogP contribution in [0.15, 0.2) is 24.3 Å². The Balaban J connectivity index is 1.73. The molecule has 1 fully saturated rings. The highest BCUT2D eigenvalue weighted by molar-refractivity contribution is 5.78. The van der Waals surface area contributed by atoms with Gasteiger partial charge >= 0.3 is 0 Å². The molecule has 2 N–H and O–H groups in total. The lowest BCUT2D eigenvalue weighted by Gasteiger charge is -2.34. The van der Waals surface area contributed by atoms with Gasteiger partial charge in [0.2, 0.25) is 11.8 Å². The second-order valence-electron chi connectivity index (χ2n) is 5.97. The predicted molar refractivity (Wildman–Crippen MR) is 86.1 cm³/mol. The lowest BCUT2D eigenvalue weighted by Crippen LogP contribution is -2.48. The number of carbonyl (C=O) groups is 2. The number of benzene rings is 1. The summed E-state index contributed by atoms with van der Waals surface area (Å²) in [5.74, 6) is -0.202. The fourth-order valence-corrected chi connectivity index (χ4v) is 2.80. The van der Waals surface area contributed by atoms with Crippen LogP contribution in [0.4, 0.5) is 0 Å². The molecule has 1 aromatic carbocycles. The molecule has 22 heavy (non-hydrogen) atoms. The third-order valence-electron chi connectivity index (χ3n) is 4.03. The van der Waals surface area contributed by atoms with Crippen LogP contribution in [0, 0.1) is 6.92 Å². The quantitative estimate of drug-likeness (QED) is 0.861. The molecule has 0 aromatic heterocycles. The molecule has 2 rings (SSSR count). The highest BCUT2D eigenvalue weighted by Gasteiger charge is 2.20. The first-order valence-electron chi connectivity index (χ1n) is 7.88. The van der Waals surface area contributed by atoms with Crippen LogP contribution in [0.3, 0.4) is 0 Å². The van der Waals surface area contributed by atoms with Crippen LogP contribution >= 0.6 is 0 Å². The average Bonchev–Trinajstić information content (AvgIpc) is 2.47. The summed E-state index contributed by atoms with van der Waals surface area (Å²) < 4.78 is 0. The van der Waals surface area contributed by atoms with Gasteiger partial charge in [0.25, 0.3) is 0 Å². The molecule has 0 unspecified atom stereocenters. The Labute approximate surface area is 132 Å². The minimum absolute atomic E-state index is 0.136. The van der Waals surface area contributed by atoms with E-state index in [9.17, 15) is 9.59 Å². The molecule has 0 bridgehead atoms. The Morgan fingerprint density at radius 1 is 1.14 bits per heavy atom. The maximum Gasteiger partial charge on any atom is 0.222 e. The number of nitrogens with zero attached hydrogens (tertiary/aromatic N) is 2. The Bertz CT molecular complexity index is 522. The van der Waals surface area contributed by atoms with Crippen molar-refractivity contribution in [3.05, 3.63) is 35.4 Å². The van der Waals surface area contributed by atoms with Crippen LogP contribution in [-0.4, -0.2) is 47.8 Å². The maximum atomic E-state index is 12.0. The van der Waals surface area contributed by atoms with Gasteiger partial charge in [0.15, 0.2) is 0 Å². The van der Waals surface area contributed by atoms with E-state index in [0.29, 0.717) is 19.3 Å². The van der Waals surface area contributed by atoms with Crippen LogP contribution in [0.2, 0.25) is 0 Å². The fourth-order valence-electron chi connectivity index (χ4n) is 2.80. The summed E-state index contributed by atoms with van der Waals surface area (Å²) in [7, 11) is 0. The van der Waals surface area contributed by atoms with E-state index in [-0.39, 0.29) is 11.8 Å². The Hall–Kier alpha value is -1.88. The van der Waals surface area contributed by atoms with Crippen LogP contribution in [0.5, 0.6) is 0 Å². The van der Waals surface area contributed by atoms with Gasteiger partial charge in [-0.1, -0.05) is 29.8 Å². The number of carbonyl (C=O) groups excluding carboxylic acids is 2. The molecule has 0 spiro atoms. The molecule has 5 heteroatoms. The summed E-state index contributed by atoms with van der Waals surface area (Å²) in [6.07, 6.45) is 1.26. The minimum Gasteiger partial charge on any atom is -0.370 e. The van der Waals surface area contributed by atoms with Crippen molar-refractivity contribution in [1.29, 1.82) is 0 Å². The standard InChI is InChI=1S/C17H25N3O2/c1-14-4-2-5-15(12-14)13-19-8-10-20(11-9-19)17(22)7-3-6-16(18)21/h2,4-5,12H,3,6-11,13H2,1H3,(H2,18,21).